The van der Waals surface area contributed by atoms with Gasteiger partial charge in [0.05, 0.1) is 34.3 Å². The summed E-state index contributed by atoms with van der Waals surface area (Å²) in [5, 5.41) is 4.14. The molecule has 5 aromatic rings. The predicted octanol–water partition coefficient (Wildman–Crippen LogP) is 6.26. The van der Waals surface area contributed by atoms with E-state index in [9.17, 15) is 25.6 Å². The monoisotopic (exact) mass is 824 g/mol. The normalized spacial score (nSPS) is 15.3. The molecule has 3 aromatic carbocycles. The van der Waals surface area contributed by atoms with Crippen LogP contribution in [0.3, 0.4) is 0 Å². The minimum atomic E-state index is -4.59. The van der Waals surface area contributed by atoms with Crippen LogP contribution >= 0.6 is 11.3 Å². The number of aromatic nitrogens is 3. The van der Waals surface area contributed by atoms with Crippen molar-refractivity contribution in [2.45, 2.75) is 24.7 Å². The van der Waals surface area contributed by atoms with Crippen molar-refractivity contribution in [1.82, 2.24) is 19.9 Å². The van der Waals surface area contributed by atoms with E-state index < -0.39 is 36.4 Å². The zero-order chi connectivity index (χ0) is 39.5. The fraction of sp³-hybridized carbons (Fsp3) is 0.342. The third-order valence-electron chi connectivity index (χ3n) is 9.46. The molecule has 0 bridgehead atoms. The molecule has 13 nitrogen and oxygen atoms in total. The topological polar surface area (TPSA) is 150 Å². The average molecular weight is 825 g/mol. The van der Waals surface area contributed by atoms with E-state index in [2.05, 4.69) is 29.7 Å². The average Bonchev–Trinajstić information content (AvgIpc) is 3.86. The van der Waals surface area contributed by atoms with Crippen LogP contribution in [0.1, 0.15) is 19.8 Å². The van der Waals surface area contributed by atoms with E-state index in [0.29, 0.717) is 49.1 Å². The maximum absolute atomic E-state index is 14.5. The number of piperazine rings is 1. The van der Waals surface area contributed by atoms with Crippen LogP contribution in [-0.2, 0) is 19.9 Å². The first-order valence-corrected chi connectivity index (χ1v) is 22.6. The number of anilines is 5. The van der Waals surface area contributed by atoms with Gasteiger partial charge in [-0.05, 0) is 68.3 Å². The molecule has 0 spiro atoms. The SMILES string of the molecule is CCOc1ccc(Nc2nccc(-c3sc(N4CCCC4)nc3-c3cccc(NS(=O)(=O)c4c(F)cccc4F)c3)n2)cc1N1CCN(CCS(C)(=O)=O)CC1. The largest absolute Gasteiger partial charge is 0.492 e. The van der Waals surface area contributed by atoms with Crippen molar-refractivity contribution in [1.29, 1.82) is 0 Å². The number of thiazole rings is 1. The number of benzene rings is 3. The molecule has 2 fully saturated rings. The highest BCUT2D eigenvalue weighted by Crippen LogP contribution is 2.42. The minimum Gasteiger partial charge on any atom is -0.492 e. The lowest BCUT2D eigenvalue weighted by Gasteiger charge is -2.36. The third kappa shape index (κ3) is 9.20. The summed E-state index contributed by atoms with van der Waals surface area (Å²) < 4.78 is 86.8. The van der Waals surface area contributed by atoms with Gasteiger partial charge in [-0.1, -0.05) is 29.5 Å². The fourth-order valence-electron chi connectivity index (χ4n) is 6.70. The van der Waals surface area contributed by atoms with Crippen LogP contribution in [0, 0.1) is 11.6 Å². The number of rotatable bonds is 14. The number of hydrogen-bond acceptors (Lipinski definition) is 13. The standard InChI is InChI=1S/C38H42F2N8O5S3/c1-3-53-33-13-12-27(25-32(33)47-20-18-46(19-21-47)22-23-55(2,49)50)42-37-41-15-14-31(43-37)35-34(44-38(54-35)48-16-4-5-17-48)26-8-6-9-28(24-26)45-56(51,52)36-29(39)10-7-11-30(36)40/h6-15,24-25,45H,3-5,16-23H2,1-2H3,(H,41,42,43). The molecule has 2 saturated heterocycles. The molecule has 0 saturated carbocycles. The number of halogens is 2. The fourth-order valence-corrected chi connectivity index (χ4v) is 9.59. The summed E-state index contributed by atoms with van der Waals surface area (Å²) in [6, 6.07) is 17.0. The molecule has 0 unspecified atom stereocenters. The van der Waals surface area contributed by atoms with Gasteiger partial charge in [0, 0.05) is 75.2 Å². The van der Waals surface area contributed by atoms with Crippen molar-refractivity contribution in [3.05, 3.63) is 84.6 Å². The van der Waals surface area contributed by atoms with Crippen LogP contribution in [0.15, 0.2) is 77.8 Å². The Balaban J connectivity index is 1.16. The molecule has 0 amide bonds. The molecule has 0 atom stereocenters. The van der Waals surface area contributed by atoms with Gasteiger partial charge in [0.1, 0.15) is 27.2 Å². The Morgan fingerprint density at radius 2 is 1.57 bits per heavy atom. The van der Waals surface area contributed by atoms with E-state index in [0.717, 1.165) is 84.4 Å². The molecule has 18 heteroatoms. The van der Waals surface area contributed by atoms with Crippen LogP contribution < -0.4 is 24.6 Å². The lowest BCUT2D eigenvalue weighted by molar-refractivity contribution is 0.270. The maximum atomic E-state index is 14.5. The molecule has 56 heavy (non-hydrogen) atoms. The van der Waals surface area contributed by atoms with Crippen LogP contribution in [0.5, 0.6) is 5.75 Å². The van der Waals surface area contributed by atoms with Crippen molar-refractivity contribution in [2.75, 3.05) is 84.3 Å². The lowest BCUT2D eigenvalue weighted by atomic mass is 10.1. The number of ether oxygens (including phenoxy) is 1. The lowest BCUT2D eigenvalue weighted by Crippen LogP contribution is -2.47. The Labute approximate surface area is 329 Å². The van der Waals surface area contributed by atoms with Gasteiger partial charge in [-0.2, -0.15) is 0 Å². The third-order valence-corrected chi connectivity index (χ3v) is 13.0. The second kappa shape index (κ2) is 16.7. The number of sulfone groups is 1. The molecule has 2 aliphatic rings. The number of nitrogens with one attached hydrogen (secondary N) is 2. The van der Waals surface area contributed by atoms with E-state index in [4.69, 9.17) is 14.7 Å². The second-order valence-electron chi connectivity index (χ2n) is 13.6. The van der Waals surface area contributed by atoms with Crippen molar-refractivity contribution in [3.8, 4) is 27.6 Å². The van der Waals surface area contributed by atoms with E-state index in [1.807, 2.05) is 25.1 Å². The molecule has 2 N–H and O–H groups in total. The van der Waals surface area contributed by atoms with Crippen molar-refractivity contribution < 1.29 is 30.4 Å². The molecule has 7 rings (SSSR count). The summed E-state index contributed by atoms with van der Waals surface area (Å²) >= 11 is 1.47. The van der Waals surface area contributed by atoms with Crippen molar-refractivity contribution in [2.24, 2.45) is 0 Å². The van der Waals surface area contributed by atoms with Crippen LogP contribution in [0.4, 0.5) is 36.9 Å². The Morgan fingerprint density at radius 1 is 0.839 bits per heavy atom. The Kier molecular flexibility index (Phi) is 11.7. The summed E-state index contributed by atoms with van der Waals surface area (Å²) in [6.45, 7) is 7.49. The van der Waals surface area contributed by atoms with Gasteiger partial charge in [0.15, 0.2) is 10.0 Å². The van der Waals surface area contributed by atoms with Crippen molar-refractivity contribution >= 4 is 59.3 Å². The summed E-state index contributed by atoms with van der Waals surface area (Å²) in [6.07, 6.45) is 4.99. The van der Waals surface area contributed by atoms with Gasteiger partial charge in [-0.15, -0.1) is 0 Å². The van der Waals surface area contributed by atoms with Gasteiger partial charge in [-0.3, -0.25) is 9.62 Å². The quantitative estimate of drug-likeness (QED) is 0.130. The molecule has 4 heterocycles. The van der Waals surface area contributed by atoms with Crippen molar-refractivity contribution in [3.63, 3.8) is 0 Å². The maximum Gasteiger partial charge on any atom is 0.267 e. The molecular weight excluding hydrogens is 783 g/mol. The summed E-state index contributed by atoms with van der Waals surface area (Å²) in [7, 11) is -7.64. The molecule has 2 aliphatic heterocycles. The van der Waals surface area contributed by atoms with Gasteiger partial charge in [0.25, 0.3) is 10.0 Å². The summed E-state index contributed by atoms with van der Waals surface area (Å²) in [5.74, 6) is -1.17. The van der Waals surface area contributed by atoms with E-state index in [-0.39, 0.29) is 11.4 Å². The van der Waals surface area contributed by atoms with Gasteiger partial charge in [-0.25, -0.2) is 40.6 Å². The molecule has 296 valence electrons. The van der Waals surface area contributed by atoms with Gasteiger partial charge < -0.3 is 19.9 Å². The Morgan fingerprint density at radius 3 is 2.29 bits per heavy atom. The zero-order valence-electron chi connectivity index (χ0n) is 30.9. The van der Waals surface area contributed by atoms with E-state index in [1.165, 1.54) is 23.7 Å². The molecule has 0 aliphatic carbocycles. The summed E-state index contributed by atoms with van der Waals surface area (Å²) in [4.78, 5) is 20.7. The highest BCUT2D eigenvalue weighted by molar-refractivity contribution is 7.92. The minimum absolute atomic E-state index is 0.110. The summed E-state index contributed by atoms with van der Waals surface area (Å²) in [5.41, 5.74) is 3.50. The van der Waals surface area contributed by atoms with E-state index >= 15 is 0 Å². The highest BCUT2D eigenvalue weighted by atomic mass is 32.2. The van der Waals surface area contributed by atoms with Gasteiger partial charge in [0.2, 0.25) is 5.95 Å². The number of nitrogens with zero attached hydrogens (tertiary/aromatic N) is 6. The van der Waals surface area contributed by atoms with Crippen LogP contribution in [0.25, 0.3) is 21.8 Å². The number of hydrogen-bond donors (Lipinski definition) is 2. The molecular formula is C38H42F2N8O5S3. The van der Waals surface area contributed by atoms with E-state index in [1.54, 1.807) is 30.5 Å². The molecule has 0 radical (unpaired) electrons. The van der Waals surface area contributed by atoms with Gasteiger partial charge >= 0.3 is 0 Å². The second-order valence-corrected chi connectivity index (χ2v) is 18.4. The molecule has 2 aromatic heterocycles. The smallest absolute Gasteiger partial charge is 0.267 e. The zero-order valence-corrected chi connectivity index (χ0v) is 33.4. The van der Waals surface area contributed by atoms with Crippen LogP contribution in [-0.4, -0.2) is 101 Å². The van der Waals surface area contributed by atoms with Crippen LogP contribution in [0.2, 0.25) is 0 Å². The number of sulfonamides is 1. The predicted molar refractivity (Wildman–Crippen MR) is 216 cm³/mol. The highest BCUT2D eigenvalue weighted by Gasteiger charge is 2.26. The first kappa shape index (κ1) is 39.3. The Hall–Kier alpha value is -4.91. The first-order chi connectivity index (χ1) is 26.9. The Bertz CT molecular complexity index is 2400. The first-order valence-electron chi connectivity index (χ1n) is 18.2.